The first-order valence-electron chi connectivity index (χ1n) is 2.30. The second-order valence-electron chi connectivity index (χ2n) is 1.33. The molecule has 0 atom stereocenters. The third kappa shape index (κ3) is 2.89. The highest BCUT2D eigenvalue weighted by Crippen LogP contribution is 2.12. The van der Waals surface area contributed by atoms with E-state index in [1.165, 1.54) is 0 Å². The molecule has 0 saturated carbocycles. The van der Waals surface area contributed by atoms with Gasteiger partial charge in [-0.1, -0.05) is 35.2 Å². The van der Waals surface area contributed by atoms with Crippen LogP contribution in [-0.4, -0.2) is 0 Å². The minimum atomic E-state index is 0.505. The first-order chi connectivity index (χ1) is 4.22. The van der Waals surface area contributed by atoms with E-state index in [-0.39, 0.29) is 0 Å². The molecule has 9 heavy (non-hydrogen) atoms. The zero-order valence-corrected chi connectivity index (χ0v) is 6.48. The fraction of sp³-hybridized carbons (Fsp3) is 0. The highest BCUT2D eigenvalue weighted by molar-refractivity contribution is 9.11. The second-order valence-corrected chi connectivity index (χ2v) is 2.29. The van der Waals surface area contributed by atoms with Gasteiger partial charge in [0, 0.05) is 4.48 Å². The molecule has 0 fully saturated rings. The van der Waals surface area contributed by atoms with Gasteiger partial charge in [-0.2, -0.15) is 5.26 Å². The van der Waals surface area contributed by atoms with Crippen molar-refractivity contribution >= 4 is 15.9 Å². The van der Waals surface area contributed by atoms with Crippen molar-refractivity contribution in [3.8, 4) is 6.07 Å². The standard InChI is InChI=1S/C7H6BrN/c1-3-4-7(5-9)6(2)8/h3-4H,1-2H2/b7-4-. The predicted molar refractivity (Wildman–Crippen MR) is 42.0 cm³/mol. The first-order valence-corrected chi connectivity index (χ1v) is 3.09. The van der Waals surface area contributed by atoms with Crippen molar-refractivity contribution in [3.05, 3.63) is 35.4 Å². The molecule has 0 spiro atoms. The highest BCUT2D eigenvalue weighted by Gasteiger charge is 1.92. The fourth-order valence-electron chi connectivity index (χ4n) is 0.306. The molecule has 0 aromatic carbocycles. The summed E-state index contributed by atoms with van der Waals surface area (Å²) in [5, 5.41) is 8.37. The minimum Gasteiger partial charge on any atom is -0.192 e. The molecule has 2 heteroatoms. The summed E-state index contributed by atoms with van der Waals surface area (Å²) in [6, 6.07) is 1.95. The van der Waals surface area contributed by atoms with E-state index in [0.717, 1.165) is 0 Å². The van der Waals surface area contributed by atoms with Crippen LogP contribution in [0.1, 0.15) is 0 Å². The maximum absolute atomic E-state index is 8.37. The van der Waals surface area contributed by atoms with Crippen LogP contribution < -0.4 is 0 Å². The molecular weight excluding hydrogens is 178 g/mol. The zero-order chi connectivity index (χ0) is 7.28. The van der Waals surface area contributed by atoms with Gasteiger partial charge in [0.05, 0.1) is 5.57 Å². The van der Waals surface area contributed by atoms with Crippen LogP contribution in [0.5, 0.6) is 0 Å². The van der Waals surface area contributed by atoms with Crippen molar-refractivity contribution in [1.29, 1.82) is 5.26 Å². The Morgan fingerprint density at radius 3 is 2.33 bits per heavy atom. The molecule has 0 unspecified atom stereocenters. The number of hydrogen-bond acceptors (Lipinski definition) is 1. The summed E-state index contributed by atoms with van der Waals surface area (Å²) in [6.45, 7) is 6.96. The Morgan fingerprint density at radius 1 is 1.67 bits per heavy atom. The summed E-state index contributed by atoms with van der Waals surface area (Å²) < 4.78 is 0.588. The summed E-state index contributed by atoms with van der Waals surface area (Å²) in [7, 11) is 0. The summed E-state index contributed by atoms with van der Waals surface area (Å²) in [6.07, 6.45) is 3.14. The number of hydrogen-bond donors (Lipinski definition) is 0. The van der Waals surface area contributed by atoms with Crippen LogP contribution in [0.15, 0.2) is 35.4 Å². The first kappa shape index (κ1) is 8.19. The largest absolute Gasteiger partial charge is 0.192 e. The molecular formula is C7H6BrN. The van der Waals surface area contributed by atoms with Gasteiger partial charge in [0.25, 0.3) is 0 Å². The van der Waals surface area contributed by atoms with Gasteiger partial charge in [0.1, 0.15) is 6.07 Å². The molecule has 0 aliphatic heterocycles. The van der Waals surface area contributed by atoms with Crippen LogP contribution in [-0.2, 0) is 0 Å². The normalized spacial score (nSPS) is 10.0. The van der Waals surface area contributed by atoms with E-state index in [0.29, 0.717) is 10.1 Å². The Labute approximate surface area is 63.1 Å². The molecule has 46 valence electrons. The van der Waals surface area contributed by atoms with E-state index in [4.69, 9.17) is 5.26 Å². The maximum Gasteiger partial charge on any atom is 0.100 e. The molecule has 0 rings (SSSR count). The lowest BCUT2D eigenvalue weighted by Crippen LogP contribution is -1.72. The van der Waals surface area contributed by atoms with Crippen LogP contribution in [0, 0.1) is 11.3 Å². The van der Waals surface area contributed by atoms with Crippen LogP contribution in [0.3, 0.4) is 0 Å². The van der Waals surface area contributed by atoms with Crippen LogP contribution in [0.25, 0.3) is 0 Å². The molecule has 0 saturated heterocycles. The Kier molecular flexibility index (Phi) is 3.74. The van der Waals surface area contributed by atoms with E-state index in [9.17, 15) is 0 Å². The van der Waals surface area contributed by atoms with Crippen molar-refractivity contribution < 1.29 is 0 Å². The average molecular weight is 184 g/mol. The Hall–Kier alpha value is -0.810. The van der Waals surface area contributed by atoms with Gasteiger partial charge in [-0.3, -0.25) is 0 Å². The van der Waals surface area contributed by atoms with Gasteiger partial charge in [0.2, 0.25) is 0 Å². The van der Waals surface area contributed by atoms with Crippen molar-refractivity contribution in [2.75, 3.05) is 0 Å². The van der Waals surface area contributed by atoms with Crippen LogP contribution in [0.4, 0.5) is 0 Å². The molecule has 1 nitrogen and oxygen atoms in total. The van der Waals surface area contributed by atoms with Crippen LogP contribution in [0.2, 0.25) is 0 Å². The molecule has 0 aromatic rings. The van der Waals surface area contributed by atoms with E-state index < -0.39 is 0 Å². The quantitative estimate of drug-likeness (QED) is 0.477. The SMILES string of the molecule is C=C/C=C(/C#N)C(=C)Br. The lowest BCUT2D eigenvalue weighted by Gasteiger charge is -1.87. The molecule has 0 N–H and O–H groups in total. The van der Waals surface area contributed by atoms with Gasteiger partial charge in [-0.05, 0) is 6.08 Å². The Bertz CT molecular complexity index is 195. The Balaban J connectivity index is 4.38. The average Bonchev–Trinajstić information content (AvgIpc) is 1.82. The molecule has 0 aromatic heterocycles. The van der Waals surface area contributed by atoms with Crippen molar-refractivity contribution in [3.63, 3.8) is 0 Å². The summed E-state index contributed by atoms with van der Waals surface area (Å²) in [5.74, 6) is 0. The van der Waals surface area contributed by atoms with E-state index in [1.807, 2.05) is 6.07 Å². The van der Waals surface area contributed by atoms with Gasteiger partial charge >= 0.3 is 0 Å². The fourth-order valence-corrected chi connectivity index (χ4v) is 0.527. The smallest absolute Gasteiger partial charge is 0.100 e. The van der Waals surface area contributed by atoms with Crippen molar-refractivity contribution in [1.82, 2.24) is 0 Å². The molecule has 0 amide bonds. The minimum absolute atomic E-state index is 0.505. The van der Waals surface area contributed by atoms with E-state index in [2.05, 4.69) is 29.1 Å². The molecule has 0 aliphatic rings. The third-order valence-electron chi connectivity index (χ3n) is 0.697. The number of halogens is 1. The molecule has 0 heterocycles. The van der Waals surface area contributed by atoms with Crippen LogP contribution >= 0.6 is 15.9 Å². The lowest BCUT2D eigenvalue weighted by molar-refractivity contribution is 1.50. The zero-order valence-electron chi connectivity index (χ0n) is 4.89. The molecule has 0 bridgehead atoms. The summed E-state index contributed by atoms with van der Waals surface area (Å²) >= 11 is 3.07. The molecule has 0 radical (unpaired) electrons. The van der Waals surface area contributed by atoms with Gasteiger partial charge in [0.15, 0.2) is 0 Å². The van der Waals surface area contributed by atoms with Gasteiger partial charge in [-0.25, -0.2) is 0 Å². The monoisotopic (exact) mass is 183 g/mol. The third-order valence-corrected chi connectivity index (χ3v) is 1.12. The van der Waals surface area contributed by atoms with Crippen molar-refractivity contribution in [2.24, 2.45) is 0 Å². The van der Waals surface area contributed by atoms with E-state index >= 15 is 0 Å². The number of rotatable bonds is 2. The number of nitriles is 1. The predicted octanol–water partition coefficient (Wildman–Crippen LogP) is 2.53. The molecule has 0 aliphatic carbocycles. The van der Waals surface area contributed by atoms with E-state index in [1.54, 1.807) is 12.2 Å². The second kappa shape index (κ2) is 4.11. The highest BCUT2D eigenvalue weighted by atomic mass is 79.9. The lowest BCUT2D eigenvalue weighted by atomic mass is 10.3. The van der Waals surface area contributed by atoms with Gasteiger partial charge in [-0.15, -0.1) is 0 Å². The topological polar surface area (TPSA) is 23.8 Å². The summed E-state index contributed by atoms with van der Waals surface area (Å²) in [4.78, 5) is 0. The maximum atomic E-state index is 8.37. The van der Waals surface area contributed by atoms with Gasteiger partial charge < -0.3 is 0 Å². The number of nitrogens with zero attached hydrogens (tertiary/aromatic N) is 1. The van der Waals surface area contributed by atoms with Crippen molar-refractivity contribution in [2.45, 2.75) is 0 Å². The number of allylic oxidation sites excluding steroid dienone is 4. The summed E-state index contributed by atoms with van der Waals surface area (Å²) in [5.41, 5.74) is 0.505. The Morgan fingerprint density at radius 2 is 2.22 bits per heavy atom.